The summed E-state index contributed by atoms with van der Waals surface area (Å²) in [7, 11) is 0. The van der Waals surface area contributed by atoms with E-state index < -0.39 is 5.82 Å². The van der Waals surface area contributed by atoms with Crippen molar-refractivity contribution in [1.29, 1.82) is 0 Å². The topological polar surface area (TPSA) is 79.5 Å². The van der Waals surface area contributed by atoms with Gasteiger partial charge < -0.3 is 16.4 Å². The lowest BCUT2D eigenvalue weighted by Crippen LogP contribution is -2.25. The monoisotopic (exact) mass is 428 g/mol. The van der Waals surface area contributed by atoms with Crippen molar-refractivity contribution in [3.63, 3.8) is 0 Å². The minimum atomic E-state index is -0.415. The number of benzene rings is 2. The molecular weight excluding hydrogens is 410 g/mol. The summed E-state index contributed by atoms with van der Waals surface area (Å²) in [5, 5.41) is 5.43. The SMILES string of the molecule is Cc1ccc(NC(N)=NCC(=O)Nc2cccc(F)c2)cc1.I. The van der Waals surface area contributed by atoms with Crippen LogP contribution in [0.3, 0.4) is 0 Å². The van der Waals surface area contributed by atoms with E-state index in [4.69, 9.17) is 5.73 Å². The summed E-state index contributed by atoms with van der Waals surface area (Å²) in [5.41, 5.74) is 8.01. The summed E-state index contributed by atoms with van der Waals surface area (Å²) in [5.74, 6) is -0.653. The molecule has 0 aliphatic rings. The summed E-state index contributed by atoms with van der Waals surface area (Å²) in [6, 6.07) is 13.3. The van der Waals surface area contributed by atoms with Crippen LogP contribution in [-0.2, 0) is 4.79 Å². The molecule has 0 atom stereocenters. The molecule has 23 heavy (non-hydrogen) atoms. The van der Waals surface area contributed by atoms with Crippen LogP contribution in [0, 0.1) is 12.7 Å². The highest BCUT2D eigenvalue weighted by molar-refractivity contribution is 14.0. The van der Waals surface area contributed by atoms with Crippen molar-refractivity contribution in [2.24, 2.45) is 10.7 Å². The van der Waals surface area contributed by atoms with E-state index >= 15 is 0 Å². The van der Waals surface area contributed by atoms with Crippen LogP contribution in [0.2, 0.25) is 0 Å². The van der Waals surface area contributed by atoms with Crippen LogP contribution in [0.1, 0.15) is 5.56 Å². The molecule has 0 radical (unpaired) electrons. The minimum absolute atomic E-state index is 0. The first-order chi connectivity index (χ1) is 10.5. The number of aliphatic imine (C=N–C) groups is 1. The molecule has 0 heterocycles. The molecule has 2 rings (SSSR count). The Morgan fingerprint density at radius 2 is 1.83 bits per heavy atom. The summed E-state index contributed by atoms with van der Waals surface area (Å²) in [4.78, 5) is 15.6. The molecule has 0 aliphatic carbocycles. The molecule has 2 aromatic rings. The summed E-state index contributed by atoms with van der Waals surface area (Å²) < 4.78 is 13.0. The van der Waals surface area contributed by atoms with Gasteiger partial charge in [-0.3, -0.25) is 4.79 Å². The van der Waals surface area contributed by atoms with Crippen LogP contribution in [0.5, 0.6) is 0 Å². The van der Waals surface area contributed by atoms with Crippen LogP contribution >= 0.6 is 24.0 Å². The Morgan fingerprint density at radius 3 is 2.48 bits per heavy atom. The van der Waals surface area contributed by atoms with Gasteiger partial charge in [-0.1, -0.05) is 23.8 Å². The highest BCUT2D eigenvalue weighted by Gasteiger charge is 2.03. The van der Waals surface area contributed by atoms with Gasteiger partial charge in [-0.15, -0.1) is 24.0 Å². The average Bonchev–Trinajstić information content (AvgIpc) is 2.48. The first-order valence-corrected chi connectivity index (χ1v) is 6.72. The van der Waals surface area contributed by atoms with E-state index in [2.05, 4.69) is 15.6 Å². The first kappa shape index (κ1) is 18.9. The number of guanidine groups is 1. The van der Waals surface area contributed by atoms with E-state index in [9.17, 15) is 9.18 Å². The quantitative estimate of drug-likeness (QED) is 0.398. The summed E-state index contributed by atoms with van der Waals surface area (Å²) in [6.45, 7) is 1.83. The van der Waals surface area contributed by atoms with Crippen LogP contribution < -0.4 is 16.4 Å². The van der Waals surface area contributed by atoms with E-state index in [0.717, 1.165) is 11.3 Å². The van der Waals surface area contributed by atoms with Gasteiger partial charge >= 0.3 is 0 Å². The third kappa shape index (κ3) is 6.64. The smallest absolute Gasteiger partial charge is 0.246 e. The second-order valence-electron chi connectivity index (χ2n) is 4.75. The van der Waals surface area contributed by atoms with Crippen LogP contribution in [-0.4, -0.2) is 18.4 Å². The van der Waals surface area contributed by atoms with Crippen LogP contribution in [0.25, 0.3) is 0 Å². The molecule has 5 nitrogen and oxygen atoms in total. The Hall–Kier alpha value is -2.16. The number of hydrogen-bond acceptors (Lipinski definition) is 2. The van der Waals surface area contributed by atoms with E-state index in [1.807, 2.05) is 31.2 Å². The van der Waals surface area contributed by atoms with Crippen molar-refractivity contribution in [1.82, 2.24) is 0 Å². The molecule has 4 N–H and O–H groups in total. The normalized spacial score (nSPS) is 10.6. The van der Waals surface area contributed by atoms with Crippen molar-refractivity contribution >= 4 is 47.2 Å². The maximum Gasteiger partial charge on any atom is 0.246 e. The number of hydrogen-bond donors (Lipinski definition) is 3. The summed E-state index contributed by atoms with van der Waals surface area (Å²) in [6.07, 6.45) is 0. The number of nitrogens with one attached hydrogen (secondary N) is 2. The van der Waals surface area contributed by atoms with Crippen molar-refractivity contribution in [3.05, 3.63) is 59.9 Å². The molecule has 0 saturated heterocycles. The van der Waals surface area contributed by atoms with Crippen LogP contribution in [0.15, 0.2) is 53.5 Å². The second kappa shape index (κ2) is 9.09. The highest BCUT2D eigenvalue weighted by Crippen LogP contribution is 2.09. The van der Waals surface area contributed by atoms with Crippen molar-refractivity contribution in [3.8, 4) is 0 Å². The standard InChI is InChI=1S/C16H17FN4O.HI/c1-11-5-7-13(8-6-11)21-16(18)19-10-15(22)20-14-4-2-3-12(17)9-14;/h2-9H,10H2,1H3,(H,20,22)(H3,18,19,21);1H. The van der Waals surface area contributed by atoms with E-state index in [1.54, 1.807) is 6.07 Å². The maximum absolute atomic E-state index is 13.0. The number of carbonyl (C=O) groups is 1. The fourth-order valence-electron chi connectivity index (χ4n) is 1.75. The lowest BCUT2D eigenvalue weighted by Gasteiger charge is -2.06. The number of rotatable bonds is 4. The number of anilines is 2. The molecular formula is C16H18FIN4O. The zero-order valence-corrected chi connectivity index (χ0v) is 14.9. The number of nitrogens with zero attached hydrogens (tertiary/aromatic N) is 1. The Kier molecular flexibility index (Phi) is 7.46. The van der Waals surface area contributed by atoms with Crippen LogP contribution in [0.4, 0.5) is 15.8 Å². The summed E-state index contributed by atoms with van der Waals surface area (Å²) >= 11 is 0. The zero-order valence-electron chi connectivity index (χ0n) is 12.5. The Balaban J connectivity index is 0.00000264. The van der Waals surface area contributed by atoms with E-state index in [0.29, 0.717) is 5.69 Å². The first-order valence-electron chi connectivity index (χ1n) is 6.72. The average molecular weight is 428 g/mol. The molecule has 0 aromatic heterocycles. The predicted molar refractivity (Wildman–Crippen MR) is 102 cm³/mol. The molecule has 0 unspecified atom stereocenters. The number of halogens is 2. The van der Waals surface area contributed by atoms with Gasteiger partial charge in [-0.25, -0.2) is 9.38 Å². The lowest BCUT2D eigenvalue weighted by molar-refractivity contribution is -0.114. The van der Waals surface area contributed by atoms with Gasteiger partial charge in [0, 0.05) is 11.4 Å². The number of amides is 1. The van der Waals surface area contributed by atoms with Gasteiger partial charge in [0.1, 0.15) is 12.4 Å². The lowest BCUT2D eigenvalue weighted by atomic mass is 10.2. The molecule has 0 saturated carbocycles. The van der Waals surface area contributed by atoms with E-state index in [1.165, 1.54) is 18.2 Å². The van der Waals surface area contributed by atoms with Gasteiger partial charge in [-0.2, -0.15) is 0 Å². The van der Waals surface area contributed by atoms with Gasteiger partial charge in [-0.05, 0) is 37.3 Å². The second-order valence-corrected chi connectivity index (χ2v) is 4.75. The van der Waals surface area contributed by atoms with Crippen molar-refractivity contribution in [2.75, 3.05) is 17.2 Å². The van der Waals surface area contributed by atoms with Gasteiger partial charge in [0.2, 0.25) is 5.91 Å². The predicted octanol–water partition coefficient (Wildman–Crippen LogP) is 3.12. The third-order valence-electron chi connectivity index (χ3n) is 2.83. The molecule has 2 aromatic carbocycles. The van der Waals surface area contributed by atoms with E-state index in [-0.39, 0.29) is 42.4 Å². The number of carbonyl (C=O) groups excluding carboxylic acids is 1. The highest BCUT2D eigenvalue weighted by atomic mass is 127. The molecule has 7 heteroatoms. The van der Waals surface area contributed by atoms with Gasteiger partial charge in [0.15, 0.2) is 5.96 Å². The van der Waals surface area contributed by atoms with Crippen molar-refractivity contribution in [2.45, 2.75) is 6.92 Å². The Bertz CT molecular complexity index is 689. The van der Waals surface area contributed by atoms with Gasteiger partial charge in [0.25, 0.3) is 0 Å². The molecule has 0 fully saturated rings. The maximum atomic E-state index is 13.0. The largest absolute Gasteiger partial charge is 0.370 e. The number of aryl methyl sites for hydroxylation is 1. The van der Waals surface area contributed by atoms with Gasteiger partial charge in [0.05, 0.1) is 0 Å². The fourth-order valence-corrected chi connectivity index (χ4v) is 1.75. The minimum Gasteiger partial charge on any atom is -0.370 e. The third-order valence-corrected chi connectivity index (χ3v) is 2.83. The Morgan fingerprint density at radius 1 is 1.13 bits per heavy atom. The molecule has 122 valence electrons. The van der Waals surface area contributed by atoms with Crippen molar-refractivity contribution < 1.29 is 9.18 Å². The Labute approximate surface area is 151 Å². The zero-order chi connectivity index (χ0) is 15.9. The molecule has 0 aliphatic heterocycles. The molecule has 0 bridgehead atoms. The molecule has 0 spiro atoms. The number of nitrogens with two attached hydrogens (primary N) is 1. The fraction of sp³-hybridized carbons (Fsp3) is 0.125. The molecule has 1 amide bonds.